The molecule has 2 unspecified atom stereocenters. The monoisotopic (exact) mass is 347 g/mol. The third-order valence-corrected chi connectivity index (χ3v) is 4.89. The maximum atomic E-state index is 12.7. The van der Waals surface area contributed by atoms with E-state index in [1.165, 1.54) is 6.07 Å². The van der Waals surface area contributed by atoms with Gasteiger partial charge in [-0.1, -0.05) is 0 Å². The molecule has 0 spiro atoms. The Labute approximate surface area is 123 Å². The second-order valence-electron chi connectivity index (χ2n) is 5.48. The van der Waals surface area contributed by atoms with Crippen molar-refractivity contribution >= 4 is 21.8 Å². The minimum Gasteiger partial charge on any atom is -0.335 e. The lowest BCUT2D eigenvalue weighted by molar-refractivity contribution is -0.137. The van der Waals surface area contributed by atoms with Gasteiger partial charge >= 0.3 is 6.18 Å². The van der Waals surface area contributed by atoms with Crippen LogP contribution in [-0.2, 0) is 6.18 Å². The normalized spacial score (nSPS) is 25.3. The van der Waals surface area contributed by atoms with Gasteiger partial charge in [0.25, 0.3) is 5.91 Å². The summed E-state index contributed by atoms with van der Waals surface area (Å²) in [7, 11) is 0. The Kier molecular flexibility index (Phi) is 3.31. The number of hydrogen-bond donors (Lipinski definition) is 0. The summed E-state index contributed by atoms with van der Waals surface area (Å²) in [6.45, 7) is 0.673. The summed E-state index contributed by atoms with van der Waals surface area (Å²) in [4.78, 5) is 14.2. The third kappa shape index (κ3) is 2.34. The number of carbonyl (C=O) groups excluding carboxylic acids is 1. The van der Waals surface area contributed by atoms with Crippen LogP contribution < -0.4 is 0 Å². The van der Waals surface area contributed by atoms with Crippen molar-refractivity contribution in [2.45, 2.75) is 31.5 Å². The minimum absolute atomic E-state index is 0.104. The van der Waals surface area contributed by atoms with Crippen molar-refractivity contribution in [2.75, 3.05) is 6.54 Å². The van der Waals surface area contributed by atoms with Gasteiger partial charge in [-0.15, -0.1) is 0 Å². The largest absolute Gasteiger partial charge is 0.416 e. The van der Waals surface area contributed by atoms with Crippen LogP contribution in [0.5, 0.6) is 0 Å². The molecular weight excluding hydrogens is 335 g/mol. The molecule has 3 rings (SSSR count). The predicted molar refractivity (Wildman–Crippen MR) is 71.3 cm³/mol. The molecule has 1 aromatic carbocycles. The Morgan fingerprint density at radius 1 is 1.30 bits per heavy atom. The first-order chi connectivity index (χ1) is 9.36. The molecule has 1 aliphatic heterocycles. The molecule has 1 aromatic rings. The van der Waals surface area contributed by atoms with E-state index in [2.05, 4.69) is 15.9 Å². The lowest BCUT2D eigenvalue weighted by atomic mass is 10.1. The van der Waals surface area contributed by atoms with Gasteiger partial charge in [-0.3, -0.25) is 4.79 Å². The zero-order chi connectivity index (χ0) is 14.5. The van der Waals surface area contributed by atoms with Crippen LogP contribution in [0.4, 0.5) is 13.2 Å². The highest BCUT2D eigenvalue weighted by Gasteiger charge is 2.41. The highest BCUT2D eigenvalue weighted by molar-refractivity contribution is 9.10. The van der Waals surface area contributed by atoms with E-state index in [1.807, 2.05) is 0 Å². The van der Waals surface area contributed by atoms with E-state index in [0.717, 1.165) is 31.4 Å². The average Bonchev–Trinajstić information content (AvgIpc) is 2.99. The molecule has 1 heterocycles. The molecule has 1 saturated heterocycles. The standard InChI is InChI=1S/C14H13BrF3NO/c15-12-4-2-9(14(16,17)18)6-11(12)13(20)19-7-8-1-3-10(19)5-8/h2,4,6,8,10H,1,3,5,7H2. The number of piperidine rings is 1. The number of alkyl halides is 3. The molecule has 2 atom stereocenters. The quantitative estimate of drug-likeness (QED) is 0.749. The van der Waals surface area contributed by atoms with Crippen molar-refractivity contribution in [3.8, 4) is 0 Å². The smallest absolute Gasteiger partial charge is 0.335 e. The van der Waals surface area contributed by atoms with E-state index in [9.17, 15) is 18.0 Å². The number of nitrogens with zero attached hydrogens (tertiary/aromatic N) is 1. The molecule has 0 aromatic heterocycles. The number of hydrogen-bond acceptors (Lipinski definition) is 1. The van der Waals surface area contributed by atoms with Crippen LogP contribution >= 0.6 is 15.9 Å². The van der Waals surface area contributed by atoms with E-state index >= 15 is 0 Å². The van der Waals surface area contributed by atoms with Gasteiger partial charge < -0.3 is 4.90 Å². The number of halogens is 4. The summed E-state index contributed by atoms with van der Waals surface area (Å²) >= 11 is 3.18. The lowest BCUT2D eigenvalue weighted by Gasteiger charge is -2.27. The van der Waals surface area contributed by atoms with Crippen LogP contribution in [0, 0.1) is 5.92 Å². The van der Waals surface area contributed by atoms with Gasteiger partial charge in [0.05, 0.1) is 11.1 Å². The van der Waals surface area contributed by atoms with Crippen LogP contribution in [0.3, 0.4) is 0 Å². The van der Waals surface area contributed by atoms with Crippen molar-refractivity contribution < 1.29 is 18.0 Å². The summed E-state index contributed by atoms with van der Waals surface area (Å²) in [5.74, 6) is 0.226. The molecule has 2 fully saturated rings. The average molecular weight is 348 g/mol. The predicted octanol–water partition coefficient (Wildman–Crippen LogP) is 4.09. The number of carbonyl (C=O) groups is 1. The number of rotatable bonds is 1. The third-order valence-electron chi connectivity index (χ3n) is 4.19. The molecule has 108 valence electrons. The van der Waals surface area contributed by atoms with Crippen molar-refractivity contribution in [3.05, 3.63) is 33.8 Å². The van der Waals surface area contributed by atoms with Gasteiger partial charge in [-0.05, 0) is 59.3 Å². The fourth-order valence-electron chi connectivity index (χ4n) is 3.19. The molecule has 20 heavy (non-hydrogen) atoms. The van der Waals surface area contributed by atoms with Gasteiger partial charge in [0, 0.05) is 17.1 Å². The van der Waals surface area contributed by atoms with Crippen LogP contribution in [0.15, 0.2) is 22.7 Å². The Bertz CT molecular complexity index is 558. The van der Waals surface area contributed by atoms with Gasteiger partial charge in [0.15, 0.2) is 0 Å². The van der Waals surface area contributed by atoms with Crippen molar-refractivity contribution in [1.82, 2.24) is 4.90 Å². The number of amides is 1. The Balaban J connectivity index is 1.91. The molecular formula is C14H13BrF3NO. The molecule has 1 amide bonds. The fourth-order valence-corrected chi connectivity index (χ4v) is 3.61. The highest BCUT2D eigenvalue weighted by Crippen LogP contribution is 2.39. The first kappa shape index (κ1) is 13.9. The van der Waals surface area contributed by atoms with Gasteiger partial charge in [-0.25, -0.2) is 0 Å². The van der Waals surface area contributed by atoms with Gasteiger partial charge in [0.1, 0.15) is 0 Å². The summed E-state index contributed by atoms with van der Waals surface area (Å²) in [5, 5.41) is 0. The van der Waals surface area contributed by atoms with Gasteiger partial charge in [0.2, 0.25) is 0 Å². The lowest BCUT2D eigenvalue weighted by Crippen LogP contribution is -2.37. The first-order valence-electron chi connectivity index (χ1n) is 6.54. The van der Waals surface area contributed by atoms with Crippen LogP contribution in [0.25, 0.3) is 0 Å². The first-order valence-corrected chi connectivity index (χ1v) is 7.33. The molecule has 1 aliphatic carbocycles. The van der Waals surface area contributed by atoms with E-state index in [0.29, 0.717) is 16.9 Å². The second-order valence-corrected chi connectivity index (χ2v) is 6.34. The molecule has 1 saturated carbocycles. The molecule has 2 aliphatic rings. The Hall–Kier alpha value is -1.04. The van der Waals surface area contributed by atoms with Crippen LogP contribution in [0.2, 0.25) is 0 Å². The zero-order valence-electron chi connectivity index (χ0n) is 10.6. The van der Waals surface area contributed by atoms with E-state index in [1.54, 1.807) is 4.90 Å². The maximum Gasteiger partial charge on any atom is 0.416 e. The van der Waals surface area contributed by atoms with Gasteiger partial charge in [-0.2, -0.15) is 13.2 Å². The summed E-state index contributed by atoms with van der Waals surface area (Å²) in [6.07, 6.45) is -1.35. The summed E-state index contributed by atoms with van der Waals surface area (Å²) < 4.78 is 38.7. The van der Waals surface area contributed by atoms with Crippen molar-refractivity contribution in [3.63, 3.8) is 0 Å². The van der Waals surface area contributed by atoms with Crippen molar-refractivity contribution in [2.24, 2.45) is 5.92 Å². The van der Waals surface area contributed by atoms with Crippen LogP contribution in [-0.4, -0.2) is 23.4 Å². The summed E-state index contributed by atoms with van der Waals surface area (Å²) in [5.41, 5.74) is -0.680. The topological polar surface area (TPSA) is 20.3 Å². The molecule has 2 bridgehead atoms. The fraction of sp³-hybridized carbons (Fsp3) is 0.500. The summed E-state index contributed by atoms with van der Waals surface area (Å²) in [6, 6.07) is 3.42. The highest BCUT2D eigenvalue weighted by atomic mass is 79.9. The Morgan fingerprint density at radius 2 is 2.05 bits per heavy atom. The minimum atomic E-state index is -4.43. The van der Waals surface area contributed by atoms with E-state index in [-0.39, 0.29) is 17.5 Å². The maximum absolute atomic E-state index is 12.7. The zero-order valence-corrected chi connectivity index (χ0v) is 12.2. The number of benzene rings is 1. The number of likely N-dealkylation sites (tertiary alicyclic amines) is 1. The molecule has 6 heteroatoms. The molecule has 0 radical (unpaired) electrons. The SMILES string of the molecule is O=C(c1cc(C(F)(F)F)ccc1Br)N1CC2CCC1C2. The van der Waals surface area contributed by atoms with Crippen LogP contribution in [0.1, 0.15) is 35.2 Å². The molecule has 0 N–H and O–H groups in total. The van der Waals surface area contributed by atoms with Crippen molar-refractivity contribution in [1.29, 1.82) is 0 Å². The van der Waals surface area contributed by atoms with E-state index < -0.39 is 11.7 Å². The Morgan fingerprint density at radius 3 is 2.60 bits per heavy atom. The second kappa shape index (κ2) is 4.76. The van der Waals surface area contributed by atoms with E-state index in [4.69, 9.17) is 0 Å². The number of fused-ring (bicyclic) bond motifs is 2. The molecule has 2 nitrogen and oxygen atoms in total.